The molecule has 0 aliphatic carbocycles. The summed E-state index contributed by atoms with van der Waals surface area (Å²) >= 11 is 10.8. The number of halogens is 1. The Kier molecular flexibility index (Phi) is 21.3. The molecule has 3 rings (SSSR count). The molecule has 15 heteroatoms. The first kappa shape index (κ1) is 33.8. The van der Waals surface area contributed by atoms with Crippen molar-refractivity contribution in [2.45, 2.75) is 57.3 Å². The van der Waals surface area contributed by atoms with E-state index in [1.165, 1.54) is 49.9 Å². The summed E-state index contributed by atoms with van der Waals surface area (Å²) in [5.74, 6) is 5.07. The van der Waals surface area contributed by atoms with Crippen molar-refractivity contribution in [2.24, 2.45) is 20.5 Å². The van der Waals surface area contributed by atoms with Crippen molar-refractivity contribution in [3.05, 3.63) is 18.7 Å². The molecule has 194 valence electrons. The zero-order chi connectivity index (χ0) is 26.4. The van der Waals surface area contributed by atoms with Crippen LogP contribution in [0.5, 0.6) is 0 Å². The standard InChI is InChI=1S/C11H12N4O2.C7H10N2O.CH3I.CH4.S5/c1-2-3-4-11(13-14-11)5-8-17-10(16)15-7-6-12-9-15;1-2-3-4-7(5-6-10)8-9-7;1-2;;1-3-5-4-2/h1,6-7,9H,3-5,8H2;1,10H,3-6H2;1H3;1H4;/i;;1D;;. The van der Waals surface area contributed by atoms with Crippen molar-refractivity contribution in [3.8, 4) is 24.7 Å². The summed E-state index contributed by atoms with van der Waals surface area (Å²) < 4.78 is 12.5. The Morgan fingerprint density at radius 2 is 1.66 bits per heavy atom. The summed E-state index contributed by atoms with van der Waals surface area (Å²) in [6, 6.07) is 0. The first-order chi connectivity index (χ1) is 16.9. The Balaban J connectivity index is 0. The average molecular weight is 690 g/mol. The van der Waals surface area contributed by atoms with Gasteiger partial charge >= 0.3 is 6.09 Å². The lowest BCUT2D eigenvalue weighted by Crippen LogP contribution is -2.18. The van der Waals surface area contributed by atoms with Crippen LogP contribution in [-0.4, -0.2) is 50.2 Å². The molecule has 0 bridgehead atoms. The Bertz CT molecular complexity index is 1000. The van der Waals surface area contributed by atoms with Crippen LogP contribution < -0.4 is 0 Å². The number of aromatic nitrogens is 2. The van der Waals surface area contributed by atoms with E-state index in [0.29, 0.717) is 37.0 Å². The molecule has 0 fully saturated rings. The van der Waals surface area contributed by atoms with Gasteiger partial charge in [0.15, 0.2) is 11.3 Å². The second-order valence-corrected chi connectivity index (χ2v) is 11.6. The summed E-state index contributed by atoms with van der Waals surface area (Å²) in [4.78, 5) is 15.7. The molecule has 0 saturated heterocycles. The largest absolute Gasteiger partial charge is 0.449 e. The first-order valence-corrected chi connectivity index (χ1v) is 16.4. The molecule has 1 aromatic rings. The van der Waals surface area contributed by atoms with Crippen molar-refractivity contribution in [2.75, 3.05) is 18.1 Å². The van der Waals surface area contributed by atoms with Gasteiger partial charge in [-0.25, -0.2) is 14.3 Å². The van der Waals surface area contributed by atoms with Crippen molar-refractivity contribution in [1.82, 2.24) is 9.55 Å². The number of hydrogen-bond acceptors (Lipinski definition) is 10. The van der Waals surface area contributed by atoms with E-state index < -0.39 is 11.8 Å². The normalized spacial score (nSPS) is 14.0. The Morgan fingerprint density at radius 3 is 2.00 bits per heavy atom. The summed E-state index contributed by atoms with van der Waals surface area (Å²) in [6.07, 6.45) is 18.2. The van der Waals surface area contributed by atoms with Gasteiger partial charge in [-0.15, -0.1) is 24.7 Å². The highest BCUT2D eigenvalue weighted by Gasteiger charge is 2.39. The number of alkyl halides is 1. The van der Waals surface area contributed by atoms with Gasteiger partial charge in [0.25, 0.3) is 0 Å². The van der Waals surface area contributed by atoms with E-state index >= 15 is 0 Å². The SMILES string of the molecule is C.C#CCCC1(CCO)N=N1.C#CCCC1(CCOC(=O)n2ccnc2)N=N1.S=S=S=S=S.[2H]CI. The second-order valence-electron chi connectivity index (χ2n) is 6.29. The minimum absolute atomic E-state index is 0. The maximum Gasteiger partial charge on any atom is 0.419 e. The number of rotatable bonds is 9. The Labute approximate surface area is 240 Å². The number of carbonyl (C=O) groups is 1. The minimum Gasteiger partial charge on any atom is -0.449 e. The van der Waals surface area contributed by atoms with Gasteiger partial charge in [0, 0.05) is 108 Å². The number of carbonyl (C=O) groups excluding carboxylic acids is 1. The molecule has 0 unspecified atom stereocenters. The van der Waals surface area contributed by atoms with E-state index in [9.17, 15) is 4.79 Å². The predicted octanol–water partition coefficient (Wildman–Crippen LogP) is 4.45. The third-order valence-corrected chi connectivity index (χ3v) is 8.56. The Morgan fingerprint density at radius 1 is 1.14 bits per heavy atom. The number of imidazole rings is 1. The molecular weight excluding hydrogens is 659 g/mol. The first-order valence-electron chi connectivity index (χ1n) is 10.2. The van der Waals surface area contributed by atoms with E-state index in [1.807, 2.05) is 22.6 Å². The molecule has 1 N–H and O–H groups in total. The van der Waals surface area contributed by atoms with Crippen LogP contribution in [0.2, 0.25) is 0 Å². The van der Waals surface area contributed by atoms with E-state index in [-0.39, 0.29) is 26.3 Å². The number of terminal acetylenes is 2. The number of nitrogens with zero attached hydrogens (tertiary/aromatic N) is 6. The molecule has 2 aliphatic heterocycles. The summed E-state index contributed by atoms with van der Waals surface area (Å²) in [7, 11) is 3.95. The number of aliphatic hydroxyl groups is 1. The van der Waals surface area contributed by atoms with Crippen LogP contribution in [0.4, 0.5) is 4.79 Å². The third-order valence-electron chi connectivity index (χ3n) is 4.12. The monoisotopic (exact) mass is 689 g/mol. The smallest absolute Gasteiger partial charge is 0.419 e. The quantitative estimate of drug-likeness (QED) is 0.233. The van der Waals surface area contributed by atoms with Gasteiger partial charge in [0.1, 0.15) is 6.33 Å². The van der Waals surface area contributed by atoms with Gasteiger partial charge in [0.2, 0.25) is 0 Å². The molecule has 1 aromatic heterocycles. The minimum atomic E-state index is -0.449. The molecular formula is C20H29IN6O3S5. The van der Waals surface area contributed by atoms with Crippen molar-refractivity contribution >= 4 is 77.7 Å². The van der Waals surface area contributed by atoms with E-state index in [4.69, 9.17) is 24.1 Å². The third kappa shape index (κ3) is 17.0. The fourth-order valence-corrected chi connectivity index (χ4v) is 5.01. The number of hydrogen-bond donors (Lipinski definition) is 1. The number of ether oxygens (including phenoxy) is 1. The topological polar surface area (TPSA) is 114 Å². The van der Waals surface area contributed by atoms with Gasteiger partial charge in [-0.1, -0.05) is 30.0 Å². The maximum atomic E-state index is 11.4. The highest BCUT2D eigenvalue weighted by molar-refractivity contribution is 14.1. The summed E-state index contributed by atoms with van der Waals surface area (Å²) in [5, 5.41) is 24.1. The molecule has 0 saturated carbocycles. The molecule has 9 nitrogen and oxygen atoms in total. The van der Waals surface area contributed by atoms with Crippen LogP contribution in [0.25, 0.3) is 0 Å². The zero-order valence-corrected chi connectivity index (χ0v) is 24.4. The second kappa shape index (κ2) is 22.0. The molecule has 0 radical (unpaired) electrons. The van der Waals surface area contributed by atoms with Gasteiger partial charge in [-0.3, -0.25) is 0 Å². The van der Waals surface area contributed by atoms with Crippen molar-refractivity contribution in [3.63, 3.8) is 0 Å². The van der Waals surface area contributed by atoms with Crippen molar-refractivity contribution in [1.29, 1.82) is 0 Å². The highest BCUT2D eigenvalue weighted by atomic mass is 127. The Hall–Kier alpha value is -1.21. The molecule has 0 atom stereocenters. The van der Waals surface area contributed by atoms with Crippen LogP contribution in [0.3, 0.4) is 0 Å². The molecule has 2 aliphatic rings. The average Bonchev–Trinajstić information content (AvgIpc) is 3.74. The lowest BCUT2D eigenvalue weighted by atomic mass is 10.1. The molecule has 0 aromatic carbocycles. The van der Waals surface area contributed by atoms with Gasteiger partial charge in [-0.05, 0) is 4.91 Å². The molecule has 3 heterocycles. The van der Waals surface area contributed by atoms with Crippen LogP contribution in [0.1, 0.15) is 47.3 Å². The van der Waals surface area contributed by atoms with E-state index in [1.54, 1.807) is 0 Å². The van der Waals surface area contributed by atoms with Gasteiger partial charge < -0.3 is 9.84 Å². The molecule has 35 heavy (non-hydrogen) atoms. The van der Waals surface area contributed by atoms with Gasteiger partial charge in [0.05, 0.1) is 6.61 Å². The number of aliphatic hydroxyl groups excluding tert-OH is 1. The fourth-order valence-electron chi connectivity index (χ4n) is 2.27. The summed E-state index contributed by atoms with van der Waals surface area (Å²) in [5.41, 5.74) is -0.692. The van der Waals surface area contributed by atoms with E-state index in [0.717, 1.165) is 6.42 Å². The molecule has 0 spiro atoms. The van der Waals surface area contributed by atoms with Crippen LogP contribution in [0, 0.1) is 24.7 Å². The lowest BCUT2D eigenvalue weighted by Gasteiger charge is -2.09. The zero-order valence-electron chi connectivity index (χ0n) is 19.1. The summed E-state index contributed by atoms with van der Waals surface area (Å²) in [6.45, 7) is 0.409. The maximum absolute atomic E-state index is 11.4. The van der Waals surface area contributed by atoms with Crippen LogP contribution >= 0.6 is 22.6 Å². The molecule has 0 amide bonds. The van der Waals surface area contributed by atoms with Crippen LogP contribution in [0.15, 0.2) is 39.2 Å². The lowest BCUT2D eigenvalue weighted by molar-refractivity contribution is 0.141. The van der Waals surface area contributed by atoms with E-state index in [2.05, 4.69) is 59.7 Å². The van der Waals surface area contributed by atoms with Gasteiger partial charge in [-0.2, -0.15) is 20.5 Å². The van der Waals surface area contributed by atoms with Crippen LogP contribution in [-0.2, 0) is 53.8 Å². The highest BCUT2D eigenvalue weighted by Crippen LogP contribution is 2.36. The fraction of sp³-hybridized carbons (Fsp3) is 0.600. The van der Waals surface area contributed by atoms with Crippen molar-refractivity contribution < 1.29 is 16.0 Å². The predicted molar refractivity (Wildman–Crippen MR) is 160 cm³/mol.